The number of carbonyl (C=O) groups is 2. The van der Waals surface area contributed by atoms with E-state index in [9.17, 15) is 19.7 Å². The van der Waals surface area contributed by atoms with Crippen LogP contribution in [0.25, 0.3) is 0 Å². The Morgan fingerprint density at radius 1 is 1.26 bits per heavy atom. The molecule has 0 unspecified atom stereocenters. The Kier molecular flexibility index (Phi) is 3.66. The summed E-state index contributed by atoms with van der Waals surface area (Å²) in [4.78, 5) is 39.0. The fourth-order valence-corrected chi connectivity index (χ4v) is 2.00. The average Bonchev–Trinajstić information content (AvgIpc) is 2.58. The van der Waals surface area contributed by atoms with Gasteiger partial charge in [-0.05, 0) is 24.6 Å². The van der Waals surface area contributed by atoms with Crippen molar-refractivity contribution in [3.05, 3.63) is 44.5 Å². The lowest BCUT2D eigenvalue weighted by atomic mass is 10.1. The molecule has 1 aromatic carbocycles. The van der Waals surface area contributed by atoms with Crippen LogP contribution >= 0.6 is 11.6 Å². The van der Waals surface area contributed by atoms with Crippen LogP contribution in [0, 0.1) is 10.1 Å². The van der Waals surface area contributed by atoms with Crippen LogP contribution in [0.4, 0.5) is 0 Å². The van der Waals surface area contributed by atoms with Crippen molar-refractivity contribution >= 4 is 23.4 Å². The summed E-state index contributed by atoms with van der Waals surface area (Å²) in [6.45, 7) is -0.0982. The van der Waals surface area contributed by atoms with E-state index in [1.54, 1.807) is 0 Å². The molecule has 100 valence electrons. The maximum atomic E-state index is 12.0. The van der Waals surface area contributed by atoms with E-state index < -0.39 is 16.9 Å². The molecule has 19 heavy (non-hydrogen) atoms. The first-order chi connectivity index (χ1) is 9.00. The number of hydrogen-bond donors (Lipinski definition) is 0. The van der Waals surface area contributed by atoms with Crippen LogP contribution < -0.4 is 0 Å². The van der Waals surface area contributed by atoms with E-state index in [1.165, 1.54) is 18.2 Å². The van der Waals surface area contributed by atoms with Gasteiger partial charge in [-0.1, -0.05) is 11.6 Å². The standard InChI is InChI=1S/C11H9ClN2O5/c12-7-2-3-8-9(6-7)11(16)13(10(8)15)4-1-5-19-14(17)18/h2-3,6H,1,4-5H2. The van der Waals surface area contributed by atoms with Crippen LogP contribution in [-0.2, 0) is 4.84 Å². The Morgan fingerprint density at radius 2 is 1.95 bits per heavy atom. The molecule has 0 aliphatic carbocycles. The van der Waals surface area contributed by atoms with Crippen LogP contribution in [0.2, 0.25) is 5.02 Å². The van der Waals surface area contributed by atoms with Gasteiger partial charge >= 0.3 is 0 Å². The molecule has 0 N–H and O–H groups in total. The zero-order valence-corrected chi connectivity index (χ0v) is 10.4. The van der Waals surface area contributed by atoms with Crippen molar-refractivity contribution in [3.8, 4) is 0 Å². The summed E-state index contributed by atoms with van der Waals surface area (Å²) in [6.07, 6.45) is 0.195. The van der Waals surface area contributed by atoms with E-state index in [4.69, 9.17) is 11.6 Å². The van der Waals surface area contributed by atoms with Crippen LogP contribution in [0.3, 0.4) is 0 Å². The van der Waals surface area contributed by atoms with E-state index >= 15 is 0 Å². The molecular formula is C11H9ClN2O5. The quantitative estimate of drug-likeness (QED) is 0.354. The molecule has 2 amide bonds. The van der Waals surface area contributed by atoms with Crippen LogP contribution in [0.1, 0.15) is 27.1 Å². The van der Waals surface area contributed by atoms with Crippen LogP contribution in [-0.4, -0.2) is 35.0 Å². The Labute approximate surface area is 112 Å². The summed E-state index contributed by atoms with van der Waals surface area (Å²) in [7, 11) is 0. The highest BCUT2D eigenvalue weighted by Crippen LogP contribution is 2.25. The highest BCUT2D eigenvalue weighted by molar-refractivity contribution is 6.32. The predicted molar refractivity (Wildman–Crippen MR) is 64.4 cm³/mol. The average molecular weight is 285 g/mol. The summed E-state index contributed by atoms with van der Waals surface area (Å²) in [5.74, 6) is -0.860. The van der Waals surface area contributed by atoms with E-state index in [0.717, 1.165) is 4.90 Å². The minimum atomic E-state index is -0.915. The molecule has 8 heteroatoms. The normalized spacial score (nSPS) is 13.6. The maximum absolute atomic E-state index is 12.0. The number of amides is 2. The lowest BCUT2D eigenvalue weighted by molar-refractivity contribution is -0.757. The summed E-state index contributed by atoms with van der Waals surface area (Å²) in [5.41, 5.74) is 0.553. The third-order valence-electron chi connectivity index (χ3n) is 2.66. The second kappa shape index (κ2) is 5.23. The topological polar surface area (TPSA) is 89.8 Å². The Balaban J connectivity index is 2.04. The van der Waals surface area contributed by atoms with Gasteiger partial charge in [0.1, 0.15) is 0 Å². The molecule has 0 atom stereocenters. The largest absolute Gasteiger partial charge is 0.314 e. The number of imide groups is 1. The Bertz CT molecular complexity index is 560. The lowest BCUT2D eigenvalue weighted by Crippen LogP contribution is -2.31. The summed E-state index contributed by atoms with van der Waals surface area (Å²) in [5, 5.41) is 9.42. The first-order valence-corrected chi connectivity index (χ1v) is 5.81. The van der Waals surface area contributed by atoms with E-state index in [1.807, 2.05) is 0 Å². The monoisotopic (exact) mass is 284 g/mol. The summed E-state index contributed by atoms with van der Waals surface area (Å²) >= 11 is 5.77. The SMILES string of the molecule is O=C1c2ccc(Cl)cc2C(=O)N1CCCO[N+](=O)[O-]. The highest BCUT2D eigenvalue weighted by Gasteiger charge is 2.35. The minimum Gasteiger partial charge on any atom is -0.314 e. The van der Waals surface area contributed by atoms with Crippen molar-refractivity contribution in [1.82, 2.24) is 4.90 Å². The highest BCUT2D eigenvalue weighted by atomic mass is 35.5. The van der Waals surface area contributed by atoms with E-state index in [0.29, 0.717) is 10.6 Å². The lowest BCUT2D eigenvalue weighted by Gasteiger charge is -2.12. The third-order valence-corrected chi connectivity index (χ3v) is 2.89. The van der Waals surface area contributed by atoms with Crippen molar-refractivity contribution in [1.29, 1.82) is 0 Å². The fourth-order valence-electron chi connectivity index (χ4n) is 1.83. The number of benzene rings is 1. The number of nitrogens with zero attached hydrogens (tertiary/aromatic N) is 2. The molecule has 0 aromatic heterocycles. The molecule has 0 radical (unpaired) electrons. The molecule has 0 fully saturated rings. The van der Waals surface area contributed by atoms with Crippen molar-refractivity contribution in [2.45, 2.75) is 6.42 Å². The number of hydrogen-bond acceptors (Lipinski definition) is 5. The molecule has 0 saturated carbocycles. The minimum absolute atomic E-state index is 0.0673. The molecule has 0 saturated heterocycles. The molecule has 1 aromatic rings. The Morgan fingerprint density at radius 3 is 2.63 bits per heavy atom. The molecule has 0 spiro atoms. The molecule has 1 heterocycles. The smallest absolute Gasteiger partial charge is 0.294 e. The summed E-state index contributed by atoms with van der Waals surface area (Å²) < 4.78 is 0. The first kappa shape index (κ1) is 13.3. The van der Waals surface area contributed by atoms with Crippen LogP contribution in [0.15, 0.2) is 18.2 Å². The Hall–Kier alpha value is -2.15. The fraction of sp³-hybridized carbons (Fsp3) is 0.273. The van der Waals surface area contributed by atoms with Gasteiger partial charge in [0.15, 0.2) is 0 Å². The molecule has 2 rings (SSSR count). The molecular weight excluding hydrogens is 276 g/mol. The second-order valence-corrected chi connectivity index (χ2v) is 4.30. The molecule has 1 aliphatic rings. The van der Waals surface area contributed by atoms with Gasteiger partial charge in [-0.2, -0.15) is 0 Å². The first-order valence-electron chi connectivity index (χ1n) is 5.44. The van der Waals surface area contributed by atoms with Gasteiger partial charge in [0.2, 0.25) is 0 Å². The molecule has 0 bridgehead atoms. The zero-order chi connectivity index (χ0) is 14.0. The predicted octanol–water partition coefficient (Wildman–Crippen LogP) is 1.53. The van der Waals surface area contributed by atoms with Gasteiger partial charge in [0.05, 0.1) is 17.7 Å². The van der Waals surface area contributed by atoms with Gasteiger partial charge in [0.25, 0.3) is 16.9 Å². The molecule has 7 nitrogen and oxygen atoms in total. The second-order valence-electron chi connectivity index (χ2n) is 3.86. The number of halogens is 1. The third kappa shape index (κ3) is 2.65. The molecule has 1 aliphatic heterocycles. The van der Waals surface area contributed by atoms with Crippen molar-refractivity contribution in [2.24, 2.45) is 0 Å². The zero-order valence-electron chi connectivity index (χ0n) is 9.67. The van der Waals surface area contributed by atoms with Crippen molar-refractivity contribution in [3.63, 3.8) is 0 Å². The van der Waals surface area contributed by atoms with E-state index in [2.05, 4.69) is 4.84 Å². The van der Waals surface area contributed by atoms with Gasteiger partial charge in [0, 0.05) is 11.6 Å². The number of rotatable bonds is 5. The van der Waals surface area contributed by atoms with Crippen molar-refractivity contribution in [2.75, 3.05) is 13.2 Å². The number of carbonyl (C=O) groups excluding carboxylic acids is 2. The summed E-state index contributed by atoms with van der Waals surface area (Å²) in [6, 6.07) is 4.46. The van der Waals surface area contributed by atoms with Crippen molar-refractivity contribution < 1.29 is 19.5 Å². The van der Waals surface area contributed by atoms with Gasteiger partial charge in [-0.25, -0.2) is 0 Å². The van der Waals surface area contributed by atoms with E-state index in [-0.39, 0.29) is 25.1 Å². The van der Waals surface area contributed by atoms with Gasteiger partial charge in [-0.3, -0.25) is 14.5 Å². The van der Waals surface area contributed by atoms with Gasteiger partial charge in [-0.15, -0.1) is 10.1 Å². The van der Waals surface area contributed by atoms with Crippen LogP contribution in [0.5, 0.6) is 0 Å². The van der Waals surface area contributed by atoms with Gasteiger partial charge < -0.3 is 4.84 Å². The number of fused-ring (bicyclic) bond motifs is 1. The maximum Gasteiger partial charge on any atom is 0.294 e.